The van der Waals surface area contributed by atoms with Crippen molar-refractivity contribution in [3.63, 3.8) is 0 Å². The average Bonchev–Trinajstić information content (AvgIpc) is 3.49. The molecular weight excluding hydrogens is 487 g/mol. The first-order chi connectivity index (χ1) is 18.3. The van der Waals surface area contributed by atoms with Gasteiger partial charge in [0.15, 0.2) is 11.6 Å². The van der Waals surface area contributed by atoms with Crippen molar-refractivity contribution >= 4 is 11.8 Å². The summed E-state index contributed by atoms with van der Waals surface area (Å²) in [6.45, 7) is 3.49. The molecule has 0 aromatic heterocycles. The van der Waals surface area contributed by atoms with E-state index >= 15 is 0 Å². The number of rotatable bonds is 10. The van der Waals surface area contributed by atoms with Gasteiger partial charge in [0.1, 0.15) is 5.75 Å². The second-order valence-corrected chi connectivity index (χ2v) is 12.3. The zero-order chi connectivity index (χ0) is 26.9. The number of carbonyl (C=O) groups is 2. The summed E-state index contributed by atoms with van der Waals surface area (Å²) in [5, 5.41) is 6.36. The van der Waals surface area contributed by atoms with Gasteiger partial charge in [-0.25, -0.2) is 4.39 Å². The molecule has 1 aromatic rings. The summed E-state index contributed by atoms with van der Waals surface area (Å²) in [7, 11) is 3.14. The van der Waals surface area contributed by atoms with Gasteiger partial charge in [0.2, 0.25) is 5.91 Å². The number of hydrogen-bond donors (Lipinski definition) is 2. The lowest BCUT2D eigenvalue weighted by atomic mass is 9.69. The molecule has 2 amide bonds. The fraction of sp³-hybridized carbons (Fsp3) is 0.733. The van der Waals surface area contributed by atoms with Crippen LogP contribution in [0.2, 0.25) is 0 Å². The maximum Gasteiger partial charge on any atom is 0.255 e. The summed E-state index contributed by atoms with van der Waals surface area (Å²) in [6.07, 6.45) is 10.0. The molecule has 8 heteroatoms. The molecule has 4 aliphatic rings. The number of amides is 2. The normalized spacial score (nSPS) is 31.4. The highest BCUT2D eigenvalue weighted by atomic mass is 19.1. The number of carbonyl (C=O) groups excluding carboxylic acids is 2. The van der Waals surface area contributed by atoms with Crippen LogP contribution in [0.3, 0.4) is 0 Å². The van der Waals surface area contributed by atoms with Gasteiger partial charge in [0.25, 0.3) is 5.91 Å². The number of nitrogens with one attached hydrogen (secondary N) is 2. The standard InChI is InChI=1S/C30H43FN2O5/c1-18-5-9-21(10-6-18)38-25-14-22(24(37-3)15-23(25)31)28(34)33-27-20-8-7-19(13-20)26(27)29(35)32-16-30(17-36-2)11-4-12-30/h14-15,18-21,26-27H,4-13,16-17H2,1-3H3,(H,32,35)(H,33,34)/t18?,19-,20+,21?,26+,27-/m1/s1. The molecule has 0 saturated heterocycles. The summed E-state index contributed by atoms with van der Waals surface area (Å²) in [4.78, 5) is 27.0. The number of ether oxygens (including phenoxy) is 3. The van der Waals surface area contributed by atoms with Gasteiger partial charge in [-0.05, 0) is 81.6 Å². The van der Waals surface area contributed by atoms with Gasteiger partial charge in [-0.2, -0.15) is 0 Å². The van der Waals surface area contributed by atoms with Crippen molar-refractivity contribution in [2.45, 2.75) is 83.3 Å². The van der Waals surface area contributed by atoms with Crippen molar-refractivity contribution in [2.24, 2.45) is 29.1 Å². The maximum atomic E-state index is 14.9. The van der Waals surface area contributed by atoms with Crippen molar-refractivity contribution in [3.05, 3.63) is 23.5 Å². The molecule has 2 N–H and O–H groups in total. The molecule has 5 rings (SSSR count). The Hall–Kier alpha value is -2.35. The molecule has 0 radical (unpaired) electrons. The quantitative estimate of drug-likeness (QED) is 0.451. The lowest BCUT2D eigenvalue weighted by Gasteiger charge is -2.42. The molecule has 0 heterocycles. The lowest BCUT2D eigenvalue weighted by Crippen LogP contribution is -2.52. The Balaban J connectivity index is 1.28. The number of fused-ring (bicyclic) bond motifs is 2. The Bertz CT molecular complexity index is 1020. The molecule has 210 valence electrons. The first-order valence-electron chi connectivity index (χ1n) is 14.4. The highest BCUT2D eigenvalue weighted by molar-refractivity contribution is 5.98. The van der Waals surface area contributed by atoms with Gasteiger partial charge in [-0.3, -0.25) is 9.59 Å². The molecular formula is C30H43FN2O5. The van der Waals surface area contributed by atoms with Crippen LogP contribution in [0, 0.1) is 34.9 Å². The van der Waals surface area contributed by atoms with Crippen molar-refractivity contribution in [2.75, 3.05) is 27.4 Å². The second-order valence-electron chi connectivity index (χ2n) is 12.3. The van der Waals surface area contributed by atoms with E-state index < -0.39 is 5.82 Å². The van der Waals surface area contributed by atoms with Gasteiger partial charge in [-0.1, -0.05) is 13.3 Å². The molecule has 4 aliphatic carbocycles. The van der Waals surface area contributed by atoms with E-state index in [1.54, 1.807) is 7.11 Å². The van der Waals surface area contributed by atoms with E-state index in [2.05, 4.69) is 17.6 Å². The minimum atomic E-state index is -0.532. The summed E-state index contributed by atoms with van der Waals surface area (Å²) >= 11 is 0. The van der Waals surface area contributed by atoms with Crippen LogP contribution in [-0.4, -0.2) is 51.3 Å². The van der Waals surface area contributed by atoms with E-state index in [-0.39, 0.29) is 64.2 Å². The number of halogens is 1. The van der Waals surface area contributed by atoms with E-state index in [4.69, 9.17) is 14.2 Å². The predicted molar refractivity (Wildman–Crippen MR) is 142 cm³/mol. The summed E-state index contributed by atoms with van der Waals surface area (Å²) < 4.78 is 31.7. The van der Waals surface area contributed by atoms with Crippen molar-refractivity contribution in [3.8, 4) is 11.5 Å². The fourth-order valence-electron chi connectivity index (χ4n) is 7.35. The first kappa shape index (κ1) is 27.2. The van der Waals surface area contributed by atoms with Crippen LogP contribution in [-0.2, 0) is 9.53 Å². The Morgan fingerprint density at radius 2 is 1.76 bits per heavy atom. The van der Waals surface area contributed by atoms with Gasteiger partial charge in [0.05, 0.1) is 31.3 Å². The first-order valence-corrected chi connectivity index (χ1v) is 14.4. The third kappa shape index (κ3) is 5.51. The Kier molecular flexibility index (Phi) is 8.17. The highest BCUT2D eigenvalue weighted by Crippen LogP contribution is 2.49. The molecule has 38 heavy (non-hydrogen) atoms. The summed E-state index contributed by atoms with van der Waals surface area (Å²) in [5.74, 6) is 0.320. The third-order valence-electron chi connectivity index (χ3n) is 9.77. The van der Waals surface area contributed by atoms with Crippen molar-refractivity contribution in [1.82, 2.24) is 10.6 Å². The predicted octanol–water partition coefficient (Wildman–Crippen LogP) is 4.87. The van der Waals surface area contributed by atoms with E-state index in [1.807, 2.05) is 0 Å². The SMILES string of the molecule is COCC1(CNC(=O)[C@H]2[C@@H]3CC[C@@H](C3)[C@H]2NC(=O)c2cc(OC3CCC(C)CC3)c(F)cc2OC)CCC1. The van der Waals surface area contributed by atoms with E-state index in [1.165, 1.54) is 19.2 Å². The summed E-state index contributed by atoms with van der Waals surface area (Å²) in [5.41, 5.74) is 0.276. The Morgan fingerprint density at radius 3 is 2.42 bits per heavy atom. The van der Waals surface area contributed by atoms with Gasteiger partial charge in [-0.15, -0.1) is 0 Å². The molecule has 7 nitrogen and oxygen atoms in total. The number of hydrogen-bond acceptors (Lipinski definition) is 5. The lowest BCUT2D eigenvalue weighted by molar-refractivity contribution is -0.128. The highest BCUT2D eigenvalue weighted by Gasteiger charge is 2.52. The number of benzene rings is 1. The molecule has 0 unspecified atom stereocenters. The molecule has 0 spiro atoms. The topological polar surface area (TPSA) is 85.9 Å². The monoisotopic (exact) mass is 530 g/mol. The minimum absolute atomic E-state index is 0.0199. The largest absolute Gasteiger partial charge is 0.496 e. The molecule has 0 aliphatic heterocycles. The van der Waals surface area contributed by atoms with E-state index in [0.717, 1.165) is 64.2 Å². The van der Waals surface area contributed by atoms with Crippen LogP contribution in [0.15, 0.2) is 12.1 Å². The molecule has 2 bridgehead atoms. The van der Waals surface area contributed by atoms with Crippen LogP contribution >= 0.6 is 0 Å². The average molecular weight is 531 g/mol. The minimum Gasteiger partial charge on any atom is -0.496 e. The van der Waals surface area contributed by atoms with E-state index in [9.17, 15) is 14.0 Å². The Labute approximate surface area is 225 Å². The van der Waals surface area contributed by atoms with Crippen molar-refractivity contribution < 1.29 is 28.2 Å². The molecule has 4 saturated carbocycles. The van der Waals surface area contributed by atoms with Gasteiger partial charge < -0.3 is 24.8 Å². The van der Waals surface area contributed by atoms with Crippen molar-refractivity contribution in [1.29, 1.82) is 0 Å². The zero-order valence-corrected chi connectivity index (χ0v) is 23.0. The second kappa shape index (κ2) is 11.4. The van der Waals surface area contributed by atoms with Gasteiger partial charge in [0, 0.05) is 31.2 Å². The molecule has 4 atom stereocenters. The summed E-state index contributed by atoms with van der Waals surface area (Å²) in [6, 6.07) is 2.45. The third-order valence-corrected chi connectivity index (χ3v) is 9.77. The number of methoxy groups -OCH3 is 2. The van der Waals surface area contributed by atoms with Gasteiger partial charge >= 0.3 is 0 Å². The van der Waals surface area contributed by atoms with Crippen LogP contribution in [0.4, 0.5) is 4.39 Å². The van der Waals surface area contributed by atoms with Crippen LogP contribution < -0.4 is 20.1 Å². The molecule has 4 fully saturated rings. The Morgan fingerprint density at radius 1 is 1.03 bits per heavy atom. The fourth-order valence-corrected chi connectivity index (χ4v) is 7.35. The molecule has 1 aromatic carbocycles. The maximum absolute atomic E-state index is 14.9. The zero-order valence-electron chi connectivity index (χ0n) is 23.0. The van der Waals surface area contributed by atoms with Crippen LogP contribution in [0.25, 0.3) is 0 Å². The smallest absolute Gasteiger partial charge is 0.255 e. The van der Waals surface area contributed by atoms with E-state index in [0.29, 0.717) is 19.1 Å². The van der Waals surface area contributed by atoms with Crippen LogP contribution in [0.1, 0.15) is 81.5 Å². The van der Waals surface area contributed by atoms with Crippen LogP contribution in [0.5, 0.6) is 11.5 Å².